The first-order valence-electron chi connectivity index (χ1n) is 4.51. The van der Waals surface area contributed by atoms with E-state index in [2.05, 4.69) is 44.0 Å². The van der Waals surface area contributed by atoms with Crippen LogP contribution in [-0.2, 0) is 0 Å². The number of hydrogen-bond donors (Lipinski definition) is 0. The minimum Gasteiger partial charge on any atom is -0.261 e. The minimum atomic E-state index is 1.13. The SMILES string of the molecule is Cc1ncc2cccc(C)c2c1C. The Kier molecular flexibility index (Phi) is 1.80. The van der Waals surface area contributed by atoms with Crippen LogP contribution in [0.1, 0.15) is 16.8 Å². The van der Waals surface area contributed by atoms with Crippen molar-refractivity contribution >= 4 is 10.8 Å². The average Bonchev–Trinajstić information content (AvgIpc) is 2.12. The van der Waals surface area contributed by atoms with Gasteiger partial charge in [0.05, 0.1) is 0 Å². The Morgan fingerprint density at radius 3 is 2.62 bits per heavy atom. The Labute approximate surface area is 78.4 Å². The summed E-state index contributed by atoms with van der Waals surface area (Å²) in [6, 6.07) is 6.34. The summed E-state index contributed by atoms with van der Waals surface area (Å²) >= 11 is 0. The lowest BCUT2D eigenvalue weighted by Crippen LogP contribution is -1.90. The van der Waals surface area contributed by atoms with Crippen molar-refractivity contribution in [3.63, 3.8) is 0 Å². The van der Waals surface area contributed by atoms with E-state index >= 15 is 0 Å². The van der Waals surface area contributed by atoms with Gasteiger partial charge in [0.15, 0.2) is 0 Å². The van der Waals surface area contributed by atoms with E-state index in [-0.39, 0.29) is 0 Å². The number of aryl methyl sites for hydroxylation is 3. The number of pyridine rings is 1. The van der Waals surface area contributed by atoms with Crippen molar-refractivity contribution in [1.82, 2.24) is 4.98 Å². The van der Waals surface area contributed by atoms with Crippen molar-refractivity contribution in [2.75, 3.05) is 0 Å². The number of rotatable bonds is 0. The van der Waals surface area contributed by atoms with E-state index in [1.807, 2.05) is 6.20 Å². The number of nitrogens with zero attached hydrogens (tertiary/aromatic N) is 1. The van der Waals surface area contributed by atoms with Crippen molar-refractivity contribution in [3.05, 3.63) is 41.2 Å². The zero-order valence-electron chi connectivity index (χ0n) is 8.26. The fourth-order valence-corrected chi connectivity index (χ4v) is 1.75. The summed E-state index contributed by atoms with van der Waals surface area (Å²) in [5.74, 6) is 0. The molecule has 0 aliphatic carbocycles. The summed E-state index contributed by atoms with van der Waals surface area (Å²) in [6.45, 7) is 6.34. The van der Waals surface area contributed by atoms with E-state index in [4.69, 9.17) is 0 Å². The molecule has 0 aliphatic rings. The standard InChI is InChI=1S/C12H13N/c1-8-5-4-6-11-7-13-10(3)9(2)12(8)11/h4-7H,1-3H3. The van der Waals surface area contributed by atoms with Crippen molar-refractivity contribution in [2.24, 2.45) is 0 Å². The highest BCUT2D eigenvalue weighted by Crippen LogP contribution is 2.22. The predicted octanol–water partition coefficient (Wildman–Crippen LogP) is 3.16. The van der Waals surface area contributed by atoms with E-state index in [1.165, 1.54) is 21.9 Å². The second-order valence-corrected chi connectivity index (χ2v) is 3.51. The molecule has 0 bridgehead atoms. The molecule has 1 aromatic heterocycles. The third kappa shape index (κ3) is 1.21. The highest BCUT2D eigenvalue weighted by molar-refractivity contribution is 5.88. The molecule has 0 atom stereocenters. The fraction of sp³-hybridized carbons (Fsp3) is 0.250. The van der Waals surface area contributed by atoms with Crippen molar-refractivity contribution in [3.8, 4) is 0 Å². The smallest absolute Gasteiger partial charge is 0.0408 e. The lowest BCUT2D eigenvalue weighted by molar-refractivity contribution is 1.17. The molecule has 0 unspecified atom stereocenters. The van der Waals surface area contributed by atoms with Gasteiger partial charge in [0.2, 0.25) is 0 Å². The second-order valence-electron chi connectivity index (χ2n) is 3.51. The monoisotopic (exact) mass is 171 g/mol. The molecule has 0 saturated heterocycles. The lowest BCUT2D eigenvalue weighted by Gasteiger charge is -2.07. The Balaban J connectivity index is 2.97. The highest BCUT2D eigenvalue weighted by Gasteiger charge is 2.02. The quantitative estimate of drug-likeness (QED) is 0.593. The van der Waals surface area contributed by atoms with Gasteiger partial charge in [0.25, 0.3) is 0 Å². The summed E-state index contributed by atoms with van der Waals surface area (Å²) in [5, 5.41) is 2.60. The molecule has 66 valence electrons. The number of aromatic nitrogens is 1. The predicted molar refractivity (Wildman–Crippen MR) is 56.0 cm³/mol. The van der Waals surface area contributed by atoms with Crippen LogP contribution in [0.25, 0.3) is 10.8 Å². The van der Waals surface area contributed by atoms with Crippen LogP contribution in [0.2, 0.25) is 0 Å². The topological polar surface area (TPSA) is 12.9 Å². The van der Waals surface area contributed by atoms with Gasteiger partial charge in [0.1, 0.15) is 0 Å². The maximum atomic E-state index is 4.35. The van der Waals surface area contributed by atoms with Crippen molar-refractivity contribution in [2.45, 2.75) is 20.8 Å². The first-order valence-corrected chi connectivity index (χ1v) is 4.51. The first kappa shape index (κ1) is 8.24. The zero-order chi connectivity index (χ0) is 9.42. The summed E-state index contributed by atoms with van der Waals surface area (Å²) in [4.78, 5) is 4.35. The van der Waals surface area contributed by atoms with Crippen LogP contribution in [-0.4, -0.2) is 4.98 Å². The van der Waals surface area contributed by atoms with E-state index in [0.29, 0.717) is 0 Å². The molecular weight excluding hydrogens is 158 g/mol. The average molecular weight is 171 g/mol. The van der Waals surface area contributed by atoms with Gasteiger partial charge in [-0.1, -0.05) is 18.2 Å². The van der Waals surface area contributed by atoms with Crippen molar-refractivity contribution < 1.29 is 0 Å². The van der Waals surface area contributed by atoms with E-state index in [0.717, 1.165) is 5.69 Å². The van der Waals surface area contributed by atoms with Crippen LogP contribution in [0.5, 0.6) is 0 Å². The van der Waals surface area contributed by atoms with Gasteiger partial charge >= 0.3 is 0 Å². The maximum Gasteiger partial charge on any atom is 0.0408 e. The van der Waals surface area contributed by atoms with Gasteiger partial charge in [-0.05, 0) is 37.3 Å². The molecule has 1 heterocycles. The molecule has 1 heteroatoms. The molecule has 0 aliphatic heterocycles. The van der Waals surface area contributed by atoms with E-state index in [1.54, 1.807) is 0 Å². The molecule has 0 fully saturated rings. The summed E-state index contributed by atoms with van der Waals surface area (Å²) in [6.07, 6.45) is 1.95. The Bertz CT molecular complexity index is 458. The molecule has 0 saturated carbocycles. The summed E-state index contributed by atoms with van der Waals surface area (Å²) < 4.78 is 0. The second kappa shape index (κ2) is 2.84. The molecule has 0 N–H and O–H groups in total. The third-order valence-electron chi connectivity index (χ3n) is 2.62. The molecule has 0 amide bonds. The van der Waals surface area contributed by atoms with Crippen LogP contribution in [0.15, 0.2) is 24.4 Å². The fourth-order valence-electron chi connectivity index (χ4n) is 1.75. The Morgan fingerprint density at radius 1 is 1.08 bits per heavy atom. The molecule has 0 spiro atoms. The summed E-state index contributed by atoms with van der Waals surface area (Å²) in [5.41, 5.74) is 3.76. The zero-order valence-corrected chi connectivity index (χ0v) is 8.26. The van der Waals surface area contributed by atoms with Gasteiger partial charge in [-0.25, -0.2) is 0 Å². The van der Waals surface area contributed by atoms with Crippen LogP contribution >= 0.6 is 0 Å². The van der Waals surface area contributed by atoms with Crippen LogP contribution in [0.3, 0.4) is 0 Å². The molecule has 1 aromatic carbocycles. The molecule has 1 nitrogen and oxygen atoms in total. The van der Waals surface area contributed by atoms with Crippen molar-refractivity contribution in [1.29, 1.82) is 0 Å². The lowest BCUT2D eigenvalue weighted by atomic mass is 10.0. The molecular formula is C12H13N. The Hall–Kier alpha value is -1.37. The van der Waals surface area contributed by atoms with E-state index < -0.39 is 0 Å². The number of hydrogen-bond acceptors (Lipinski definition) is 1. The van der Waals surface area contributed by atoms with Crippen LogP contribution in [0.4, 0.5) is 0 Å². The van der Waals surface area contributed by atoms with E-state index in [9.17, 15) is 0 Å². The minimum absolute atomic E-state index is 1.13. The van der Waals surface area contributed by atoms with Gasteiger partial charge in [-0.15, -0.1) is 0 Å². The molecule has 2 rings (SSSR count). The first-order chi connectivity index (χ1) is 6.20. The highest BCUT2D eigenvalue weighted by atomic mass is 14.7. The van der Waals surface area contributed by atoms with Gasteiger partial charge < -0.3 is 0 Å². The largest absolute Gasteiger partial charge is 0.261 e. The Morgan fingerprint density at radius 2 is 1.85 bits per heavy atom. The van der Waals surface area contributed by atoms with Gasteiger partial charge in [-0.2, -0.15) is 0 Å². The third-order valence-corrected chi connectivity index (χ3v) is 2.62. The molecule has 0 radical (unpaired) electrons. The van der Waals surface area contributed by atoms with Crippen LogP contribution < -0.4 is 0 Å². The number of fused-ring (bicyclic) bond motifs is 1. The van der Waals surface area contributed by atoms with Crippen LogP contribution in [0, 0.1) is 20.8 Å². The normalized spacial score (nSPS) is 10.7. The molecule has 13 heavy (non-hydrogen) atoms. The van der Waals surface area contributed by atoms with Gasteiger partial charge in [0, 0.05) is 17.3 Å². The number of benzene rings is 1. The summed E-state index contributed by atoms with van der Waals surface area (Å²) in [7, 11) is 0. The molecule has 2 aromatic rings. The van der Waals surface area contributed by atoms with Gasteiger partial charge in [-0.3, -0.25) is 4.98 Å². The maximum absolute atomic E-state index is 4.35.